The first-order valence-electron chi connectivity index (χ1n) is 10.6. The summed E-state index contributed by atoms with van der Waals surface area (Å²) in [6.45, 7) is 6.39. The zero-order chi connectivity index (χ0) is 23.0. The largest absolute Gasteiger partial charge is 0.401 e. The number of carbonyl (C=O) groups is 2. The van der Waals surface area contributed by atoms with Crippen LogP contribution in [0.5, 0.6) is 0 Å². The average Bonchev–Trinajstić information content (AvgIpc) is 3.04. The molecule has 1 aliphatic heterocycles. The number of benzene rings is 1. The SMILES string of the molecule is CC/C=C(\N)CNCC(=O)N1c2cc(-c3cccc(CC)c3)cnc2C(=O)C1C.CN. The molecule has 0 radical (unpaired) electrons. The third-order valence-electron chi connectivity index (χ3n) is 5.14. The van der Waals surface area contributed by atoms with E-state index in [1.54, 1.807) is 18.0 Å². The van der Waals surface area contributed by atoms with Crippen molar-refractivity contribution in [2.24, 2.45) is 11.5 Å². The molecule has 1 aromatic heterocycles. The number of fused-ring (bicyclic) bond motifs is 1. The monoisotopic (exact) mass is 423 g/mol. The summed E-state index contributed by atoms with van der Waals surface area (Å²) in [6.07, 6.45) is 5.41. The van der Waals surface area contributed by atoms with Crippen molar-refractivity contribution in [2.75, 3.05) is 25.0 Å². The molecule has 1 aromatic carbocycles. The maximum atomic E-state index is 12.9. The Balaban J connectivity index is 0.00000166. The second-order valence-corrected chi connectivity index (χ2v) is 7.24. The predicted octanol–water partition coefficient (Wildman–Crippen LogP) is 2.65. The molecule has 0 saturated heterocycles. The van der Waals surface area contributed by atoms with Gasteiger partial charge in [-0.15, -0.1) is 0 Å². The Labute approximate surface area is 184 Å². The molecule has 2 aromatic rings. The first-order valence-corrected chi connectivity index (χ1v) is 10.6. The Kier molecular flexibility index (Phi) is 8.90. The number of nitrogens with zero attached hydrogens (tertiary/aromatic N) is 2. The third-order valence-corrected chi connectivity index (χ3v) is 5.14. The lowest BCUT2D eigenvalue weighted by atomic mass is 10.0. The Bertz CT molecular complexity index is 955. The predicted molar refractivity (Wildman–Crippen MR) is 126 cm³/mol. The van der Waals surface area contributed by atoms with Crippen molar-refractivity contribution in [3.63, 3.8) is 0 Å². The number of anilines is 1. The van der Waals surface area contributed by atoms with Gasteiger partial charge in [-0.2, -0.15) is 0 Å². The second-order valence-electron chi connectivity index (χ2n) is 7.24. The van der Waals surface area contributed by atoms with Crippen molar-refractivity contribution in [2.45, 2.75) is 39.7 Å². The van der Waals surface area contributed by atoms with Crippen LogP contribution in [0.2, 0.25) is 0 Å². The number of hydrogen-bond donors (Lipinski definition) is 3. The van der Waals surface area contributed by atoms with E-state index in [0.717, 1.165) is 24.0 Å². The van der Waals surface area contributed by atoms with E-state index in [2.05, 4.69) is 35.1 Å². The molecule has 2 heterocycles. The van der Waals surface area contributed by atoms with Crippen LogP contribution in [0.4, 0.5) is 5.69 Å². The van der Waals surface area contributed by atoms with Gasteiger partial charge in [-0.25, -0.2) is 0 Å². The van der Waals surface area contributed by atoms with Crippen LogP contribution in [0.3, 0.4) is 0 Å². The first kappa shape index (κ1) is 24.2. The van der Waals surface area contributed by atoms with Crippen LogP contribution in [-0.4, -0.2) is 42.9 Å². The highest BCUT2D eigenvalue weighted by atomic mass is 16.2. The number of aromatic nitrogens is 1. The maximum Gasteiger partial charge on any atom is 0.241 e. The molecule has 1 atom stereocenters. The zero-order valence-corrected chi connectivity index (χ0v) is 18.8. The minimum Gasteiger partial charge on any atom is -0.401 e. The second kappa shape index (κ2) is 11.4. The summed E-state index contributed by atoms with van der Waals surface area (Å²) in [6, 6.07) is 9.54. The van der Waals surface area contributed by atoms with Crippen molar-refractivity contribution < 1.29 is 9.59 Å². The summed E-state index contributed by atoms with van der Waals surface area (Å²) < 4.78 is 0. The topological polar surface area (TPSA) is 114 Å². The van der Waals surface area contributed by atoms with Crippen LogP contribution in [0.1, 0.15) is 43.2 Å². The highest BCUT2D eigenvalue weighted by Gasteiger charge is 2.39. The quantitative estimate of drug-likeness (QED) is 0.631. The van der Waals surface area contributed by atoms with Crippen LogP contribution in [0.25, 0.3) is 11.1 Å². The lowest BCUT2D eigenvalue weighted by Gasteiger charge is -2.22. The molecule has 1 amide bonds. The molecule has 0 fully saturated rings. The van der Waals surface area contributed by atoms with Crippen molar-refractivity contribution in [3.8, 4) is 11.1 Å². The fourth-order valence-corrected chi connectivity index (χ4v) is 3.56. The summed E-state index contributed by atoms with van der Waals surface area (Å²) in [4.78, 5) is 31.4. The van der Waals surface area contributed by atoms with Gasteiger partial charge in [-0.05, 0) is 44.0 Å². The number of hydrogen-bond acceptors (Lipinski definition) is 6. The van der Waals surface area contributed by atoms with Crippen LogP contribution < -0.4 is 21.7 Å². The van der Waals surface area contributed by atoms with Crippen molar-refractivity contribution in [3.05, 3.63) is 59.6 Å². The Hall–Kier alpha value is -3.03. The van der Waals surface area contributed by atoms with Gasteiger partial charge in [0.1, 0.15) is 5.69 Å². The number of aryl methyl sites for hydroxylation is 1. The highest BCUT2D eigenvalue weighted by Crippen LogP contribution is 2.34. The van der Waals surface area contributed by atoms with E-state index in [4.69, 9.17) is 5.73 Å². The van der Waals surface area contributed by atoms with Gasteiger partial charge in [-0.3, -0.25) is 19.5 Å². The van der Waals surface area contributed by atoms with E-state index in [-0.39, 0.29) is 18.2 Å². The standard InChI is InChI=1S/C23H28N4O2.CH5N/c1-4-7-19(24)13-25-14-21(28)27-15(3)23(29)22-20(27)11-18(12-26-22)17-9-6-8-16(5-2)10-17;1-2/h6-12,15,25H,4-5,13-14,24H2,1-3H3;2H2,1H3/b19-7-;. The van der Waals surface area contributed by atoms with Crippen LogP contribution in [0, 0.1) is 0 Å². The number of allylic oxidation sites excluding steroid dienone is 1. The first-order chi connectivity index (χ1) is 15.0. The molecule has 7 nitrogen and oxygen atoms in total. The molecule has 0 bridgehead atoms. The fourth-order valence-electron chi connectivity index (χ4n) is 3.56. The highest BCUT2D eigenvalue weighted by molar-refractivity contribution is 6.17. The number of ketones is 1. The molecule has 0 saturated carbocycles. The fraction of sp³-hybridized carbons (Fsp3) is 0.375. The van der Waals surface area contributed by atoms with Crippen molar-refractivity contribution >= 4 is 17.4 Å². The van der Waals surface area contributed by atoms with E-state index in [1.165, 1.54) is 12.6 Å². The Morgan fingerprint density at radius 3 is 2.61 bits per heavy atom. The Morgan fingerprint density at radius 1 is 1.19 bits per heavy atom. The molecule has 0 spiro atoms. The third kappa shape index (κ3) is 5.57. The zero-order valence-electron chi connectivity index (χ0n) is 18.8. The van der Waals surface area contributed by atoms with E-state index < -0.39 is 6.04 Å². The van der Waals surface area contributed by atoms with Gasteiger partial charge in [0, 0.05) is 24.0 Å². The van der Waals surface area contributed by atoms with Crippen LogP contribution in [0.15, 0.2) is 48.3 Å². The Morgan fingerprint density at radius 2 is 1.94 bits per heavy atom. The number of carbonyl (C=O) groups excluding carboxylic acids is 2. The minimum atomic E-state index is -0.562. The molecule has 5 N–H and O–H groups in total. The summed E-state index contributed by atoms with van der Waals surface area (Å²) in [5.74, 6) is -0.303. The number of nitrogens with two attached hydrogens (primary N) is 2. The van der Waals surface area contributed by atoms with Crippen molar-refractivity contribution in [1.29, 1.82) is 0 Å². The molecule has 166 valence electrons. The summed E-state index contributed by atoms with van der Waals surface area (Å²) in [7, 11) is 1.50. The van der Waals surface area contributed by atoms with Gasteiger partial charge in [0.25, 0.3) is 0 Å². The van der Waals surface area contributed by atoms with Gasteiger partial charge in [0.05, 0.1) is 18.3 Å². The lowest BCUT2D eigenvalue weighted by Crippen LogP contribution is -2.43. The summed E-state index contributed by atoms with van der Waals surface area (Å²) >= 11 is 0. The number of Topliss-reactive ketones (excluding diaryl/α,β-unsaturated/α-hetero) is 1. The molecule has 1 unspecified atom stereocenters. The number of rotatable bonds is 7. The van der Waals surface area contributed by atoms with Gasteiger partial charge in [0.15, 0.2) is 0 Å². The number of nitrogens with one attached hydrogen (secondary N) is 1. The molecule has 0 aliphatic carbocycles. The number of amides is 1. The van der Waals surface area contributed by atoms with E-state index in [0.29, 0.717) is 23.6 Å². The summed E-state index contributed by atoms with van der Waals surface area (Å²) in [5.41, 5.74) is 15.1. The molecule has 1 aliphatic rings. The van der Waals surface area contributed by atoms with E-state index in [9.17, 15) is 9.59 Å². The van der Waals surface area contributed by atoms with Gasteiger partial charge >= 0.3 is 0 Å². The van der Waals surface area contributed by atoms with Gasteiger partial charge in [-0.1, -0.05) is 44.2 Å². The molecular formula is C24H33N5O2. The average molecular weight is 424 g/mol. The van der Waals surface area contributed by atoms with Gasteiger partial charge < -0.3 is 16.8 Å². The van der Waals surface area contributed by atoms with E-state index in [1.807, 2.05) is 31.2 Å². The lowest BCUT2D eigenvalue weighted by molar-refractivity contribution is -0.118. The van der Waals surface area contributed by atoms with Crippen LogP contribution >= 0.6 is 0 Å². The minimum absolute atomic E-state index is 0.102. The van der Waals surface area contributed by atoms with E-state index >= 15 is 0 Å². The molecule has 31 heavy (non-hydrogen) atoms. The van der Waals surface area contributed by atoms with Crippen molar-refractivity contribution in [1.82, 2.24) is 10.3 Å². The maximum absolute atomic E-state index is 12.9. The molecule has 7 heteroatoms. The summed E-state index contributed by atoms with van der Waals surface area (Å²) in [5, 5.41) is 3.06. The van der Waals surface area contributed by atoms with Crippen LogP contribution in [-0.2, 0) is 11.2 Å². The smallest absolute Gasteiger partial charge is 0.241 e. The normalized spacial score (nSPS) is 15.4. The molecular weight excluding hydrogens is 390 g/mol. The number of pyridine rings is 1. The molecule has 3 rings (SSSR count). The van der Waals surface area contributed by atoms with Gasteiger partial charge in [0.2, 0.25) is 11.7 Å².